The summed E-state index contributed by atoms with van der Waals surface area (Å²) in [6.07, 6.45) is 6.58. The van der Waals surface area contributed by atoms with Crippen molar-refractivity contribution in [3.63, 3.8) is 0 Å². The maximum atomic E-state index is 14.5. The highest BCUT2D eigenvalue weighted by atomic mass is 32.1. The van der Waals surface area contributed by atoms with Crippen LogP contribution in [-0.4, -0.2) is 22.6 Å². The number of methoxy groups -OCH3 is 1. The first-order valence-corrected chi connectivity index (χ1v) is 12.7. The van der Waals surface area contributed by atoms with E-state index in [9.17, 15) is 9.18 Å². The number of benzene rings is 2. The molecule has 0 radical (unpaired) electrons. The molecule has 1 aliphatic carbocycles. The van der Waals surface area contributed by atoms with Gasteiger partial charge >= 0.3 is 6.03 Å². The molecule has 0 fully saturated rings. The highest BCUT2D eigenvalue weighted by Gasteiger charge is 2.36. The van der Waals surface area contributed by atoms with Crippen LogP contribution in [0.2, 0.25) is 0 Å². The second kappa shape index (κ2) is 8.89. The normalized spacial score (nSPS) is 16.6. The Labute approximate surface area is 207 Å². The number of nitrogens with zero attached hydrogens (tertiary/aromatic N) is 2. The summed E-state index contributed by atoms with van der Waals surface area (Å²) in [4.78, 5) is 17.1. The number of carbonyl (C=O) groups is 1. The lowest BCUT2D eigenvalue weighted by Crippen LogP contribution is -2.38. The molecule has 2 amide bonds. The van der Waals surface area contributed by atoms with Gasteiger partial charge in [-0.25, -0.2) is 9.18 Å². The van der Waals surface area contributed by atoms with Crippen LogP contribution in [0.25, 0.3) is 5.00 Å². The SMILES string of the molecule is COc1ccc([C@@H]2c3cccn3-c3sc4c(c3CN2C(=O)Nc2ccccc2F)CCCC4)cc1. The van der Waals surface area contributed by atoms with Gasteiger partial charge in [-0.15, -0.1) is 11.3 Å². The Morgan fingerprint density at radius 1 is 1.03 bits per heavy atom. The molecule has 0 spiro atoms. The summed E-state index contributed by atoms with van der Waals surface area (Å²) in [6.45, 7) is 0.458. The number of thiophene rings is 1. The van der Waals surface area contributed by atoms with Crippen LogP contribution in [0.1, 0.15) is 46.1 Å². The fourth-order valence-electron chi connectivity index (χ4n) is 5.27. The van der Waals surface area contributed by atoms with Gasteiger partial charge in [0.05, 0.1) is 31.1 Å². The molecule has 2 aliphatic rings. The molecule has 3 heterocycles. The molecule has 35 heavy (non-hydrogen) atoms. The van der Waals surface area contributed by atoms with Crippen LogP contribution in [0.15, 0.2) is 66.9 Å². The second-order valence-electron chi connectivity index (χ2n) is 9.01. The molecule has 0 bridgehead atoms. The first-order valence-electron chi connectivity index (χ1n) is 11.9. The Bertz CT molecular complexity index is 1390. The lowest BCUT2D eigenvalue weighted by molar-refractivity contribution is 0.194. The number of aryl methyl sites for hydroxylation is 1. The summed E-state index contributed by atoms with van der Waals surface area (Å²) < 4.78 is 22.1. The summed E-state index contributed by atoms with van der Waals surface area (Å²) in [5, 5.41) is 4.03. The Morgan fingerprint density at radius 2 is 1.83 bits per heavy atom. The number of hydrogen-bond acceptors (Lipinski definition) is 3. The van der Waals surface area contributed by atoms with Crippen LogP contribution in [0.3, 0.4) is 0 Å². The van der Waals surface area contributed by atoms with Crippen LogP contribution in [0.5, 0.6) is 5.75 Å². The zero-order valence-corrected chi connectivity index (χ0v) is 20.3. The number of hydrogen-bond donors (Lipinski definition) is 1. The smallest absolute Gasteiger partial charge is 0.323 e. The third-order valence-electron chi connectivity index (χ3n) is 6.99. The van der Waals surface area contributed by atoms with Crippen molar-refractivity contribution in [3.8, 4) is 10.8 Å². The summed E-state index contributed by atoms with van der Waals surface area (Å²) in [6, 6.07) is 17.6. The molecule has 6 rings (SSSR count). The maximum absolute atomic E-state index is 14.5. The van der Waals surface area contributed by atoms with E-state index in [2.05, 4.69) is 22.1 Å². The van der Waals surface area contributed by atoms with Gasteiger partial charge in [-0.3, -0.25) is 0 Å². The molecule has 4 aromatic rings. The summed E-state index contributed by atoms with van der Waals surface area (Å²) >= 11 is 1.85. The van der Waals surface area contributed by atoms with Crippen molar-refractivity contribution >= 4 is 23.1 Å². The van der Waals surface area contributed by atoms with Crippen LogP contribution in [0.4, 0.5) is 14.9 Å². The number of ether oxygens (including phenoxy) is 1. The van der Waals surface area contributed by atoms with Crippen LogP contribution < -0.4 is 10.1 Å². The van der Waals surface area contributed by atoms with Crippen molar-refractivity contribution in [1.82, 2.24) is 9.47 Å². The molecule has 5 nitrogen and oxygen atoms in total. The first kappa shape index (κ1) is 21.9. The molecule has 0 saturated heterocycles. The molecular weight excluding hydrogens is 461 g/mol. The van der Waals surface area contributed by atoms with E-state index in [0.717, 1.165) is 36.3 Å². The van der Waals surface area contributed by atoms with Crippen molar-refractivity contribution in [2.75, 3.05) is 12.4 Å². The number of aromatic nitrogens is 1. The molecule has 0 saturated carbocycles. The van der Waals surface area contributed by atoms with Crippen molar-refractivity contribution in [2.45, 2.75) is 38.3 Å². The van der Waals surface area contributed by atoms with Crippen LogP contribution >= 0.6 is 11.3 Å². The fourth-order valence-corrected chi connectivity index (χ4v) is 6.68. The summed E-state index contributed by atoms with van der Waals surface area (Å²) in [5.74, 6) is 0.307. The van der Waals surface area contributed by atoms with Gasteiger partial charge in [0.25, 0.3) is 0 Å². The standard InChI is InChI=1S/C28H26FN3O2S/c1-34-19-14-12-18(13-15-19)26-24-10-6-16-31(24)27-21(20-7-2-5-11-25(20)35-27)17-32(26)28(33)30-23-9-4-3-8-22(23)29/h3-4,6,8-10,12-16,26H,2,5,7,11,17H2,1H3,(H,30,33)/t26-/m1/s1. The van der Waals surface area contributed by atoms with Gasteiger partial charge < -0.3 is 19.5 Å². The molecule has 2 aromatic heterocycles. The molecule has 1 aliphatic heterocycles. The minimum atomic E-state index is -0.450. The van der Waals surface area contributed by atoms with E-state index in [0.29, 0.717) is 6.54 Å². The van der Waals surface area contributed by atoms with Crippen molar-refractivity contribution in [3.05, 3.63) is 99.9 Å². The largest absolute Gasteiger partial charge is 0.497 e. The molecule has 0 unspecified atom stereocenters. The Balaban J connectivity index is 1.50. The van der Waals surface area contributed by atoms with E-state index in [-0.39, 0.29) is 17.8 Å². The summed E-state index contributed by atoms with van der Waals surface area (Å²) in [7, 11) is 1.64. The number of carbonyl (C=O) groups excluding carboxylic acids is 1. The maximum Gasteiger partial charge on any atom is 0.323 e. The quantitative estimate of drug-likeness (QED) is 0.349. The van der Waals surface area contributed by atoms with Gasteiger partial charge in [0.15, 0.2) is 0 Å². The molecule has 7 heteroatoms. The van der Waals surface area contributed by atoms with E-state index in [1.807, 2.05) is 46.6 Å². The van der Waals surface area contributed by atoms with Crippen molar-refractivity contribution in [1.29, 1.82) is 0 Å². The van der Waals surface area contributed by atoms with Gasteiger partial charge in [-0.1, -0.05) is 24.3 Å². The van der Waals surface area contributed by atoms with Gasteiger partial charge in [0.2, 0.25) is 0 Å². The Morgan fingerprint density at radius 3 is 2.63 bits per heavy atom. The van der Waals surface area contributed by atoms with E-state index in [1.54, 1.807) is 25.3 Å². The number of halogens is 1. The topological polar surface area (TPSA) is 46.5 Å². The number of fused-ring (bicyclic) bond motifs is 5. The number of para-hydroxylation sites is 1. The lowest BCUT2D eigenvalue weighted by atomic mass is 9.95. The van der Waals surface area contributed by atoms with E-state index >= 15 is 0 Å². The molecule has 178 valence electrons. The zero-order chi connectivity index (χ0) is 23.9. The highest BCUT2D eigenvalue weighted by molar-refractivity contribution is 7.15. The monoisotopic (exact) mass is 487 g/mol. The number of urea groups is 1. The predicted octanol–water partition coefficient (Wildman–Crippen LogP) is 6.70. The average Bonchev–Trinajstić information content (AvgIpc) is 3.47. The van der Waals surface area contributed by atoms with Gasteiger partial charge in [0.1, 0.15) is 16.6 Å². The molecule has 1 atom stereocenters. The fraction of sp³-hybridized carbons (Fsp3) is 0.250. The summed E-state index contributed by atoms with van der Waals surface area (Å²) in [5.41, 5.74) is 4.75. The minimum absolute atomic E-state index is 0.179. The number of anilines is 1. The van der Waals surface area contributed by atoms with Crippen LogP contribution in [-0.2, 0) is 19.4 Å². The second-order valence-corrected chi connectivity index (χ2v) is 10.1. The van der Waals surface area contributed by atoms with Crippen molar-refractivity contribution < 1.29 is 13.9 Å². The number of nitrogens with one attached hydrogen (secondary N) is 1. The average molecular weight is 488 g/mol. The molecule has 2 aromatic carbocycles. The van der Waals surface area contributed by atoms with Crippen molar-refractivity contribution in [2.24, 2.45) is 0 Å². The van der Waals surface area contributed by atoms with E-state index in [4.69, 9.17) is 4.74 Å². The Hall–Kier alpha value is -3.58. The third-order valence-corrected chi connectivity index (χ3v) is 8.32. The first-order chi connectivity index (χ1) is 17.1. The van der Waals surface area contributed by atoms with E-state index < -0.39 is 5.82 Å². The minimum Gasteiger partial charge on any atom is -0.497 e. The lowest BCUT2D eigenvalue weighted by Gasteiger charge is -2.31. The Kier molecular flexibility index (Phi) is 5.57. The van der Waals surface area contributed by atoms with Gasteiger partial charge in [-0.2, -0.15) is 0 Å². The third kappa shape index (κ3) is 3.80. The predicted molar refractivity (Wildman–Crippen MR) is 136 cm³/mol. The van der Waals surface area contributed by atoms with Gasteiger partial charge in [0, 0.05) is 16.6 Å². The highest BCUT2D eigenvalue weighted by Crippen LogP contribution is 2.44. The van der Waals surface area contributed by atoms with E-state index in [1.165, 1.54) is 33.5 Å². The molecule has 1 N–H and O–H groups in total. The van der Waals surface area contributed by atoms with Gasteiger partial charge in [-0.05, 0) is 73.2 Å². The number of amides is 2. The molecular formula is C28H26FN3O2S. The van der Waals surface area contributed by atoms with Crippen LogP contribution in [0, 0.1) is 5.82 Å². The zero-order valence-electron chi connectivity index (χ0n) is 19.5. The number of rotatable bonds is 3.